The molecule has 2 saturated carbocycles. The molecule has 2 N–H and O–H groups in total. The van der Waals surface area contributed by atoms with Crippen LogP contribution in [0, 0.1) is 0 Å². The van der Waals surface area contributed by atoms with Crippen LogP contribution in [0.1, 0.15) is 32.1 Å². The molecule has 2 aliphatic carbocycles. The molecular formula is C10H18N2O2. The topological polar surface area (TPSA) is 50.4 Å². The van der Waals surface area contributed by atoms with Crippen LogP contribution in [0.15, 0.2) is 0 Å². The molecule has 2 amide bonds. The number of rotatable bonds is 3. The van der Waals surface area contributed by atoms with Gasteiger partial charge in [0.2, 0.25) is 0 Å². The van der Waals surface area contributed by atoms with Gasteiger partial charge in [-0.15, -0.1) is 0 Å². The normalized spacial score (nSPS) is 31.5. The van der Waals surface area contributed by atoms with E-state index in [9.17, 15) is 4.79 Å². The summed E-state index contributed by atoms with van der Waals surface area (Å²) in [7, 11) is 1.71. The highest BCUT2D eigenvalue weighted by Gasteiger charge is 2.30. The molecule has 0 aromatic carbocycles. The van der Waals surface area contributed by atoms with Crippen molar-refractivity contribution in [3.63, 3.8) is 0 Å². The summed E-state index contributed by atoms with van der Waals surface area (Å²) in [5.74, 6) is 0. The zero-order chi connectivity index (χ0) is 9.97. The summed E-state index contributed by atoms with van der Waals surface area (Å²) in [5.41, 5.74) is 0. The number of ether oxygens (including phenoxy) is 1. The molecule has 14 heavy (non-hydrogen) atoms. The molecule has 4 heteroatoms. The monoisotopic (exact) mass is 198 g/mol. The average Bonchev–Trinajstić information content (AvgIpc) is 2.84. The second kappa shape index (κ2) is 4.17. The van der Waals surface area contributed by atoms with E-state index in [1.807, 2.05) is 0 Å². The van der Waals surface area contributed by atoms with E-state index in [1.165, 1.54) is 0 Å². The number of carbonyl (C=O) groups excluding carboxylic acids is 1. The molecule has 2 fully saturated rings. The number of urea groups is 1. The van der Waals surface area contributed by atoms with Gasteiger partial charge in [0.25, 0.3) is 0 Å². The molecule has 4 nitrogen and oxygen atoms in total. The molecule has 2 atom stereocenters. The van der Waals surface area contributed by atoms with Crippen LogP contribution in [0.25, 0.3) is 0 Å². The number of carbonyl (C=O) groups is 1. The lowest BCUT2D eigenvalue weighted by molar-refractivity contribution is 0.0875. The van der Waals surface area contributed by atoms with Gasteiger partial charge in [-0.1, -0.05) is 0 Å². The largest absolute Gasteiger partial charge is 0.379 e. The summed E-state index contributed by atoms with van der Waals surface area (Å²) in [5, 5.41) is 5.90. The van der Waals surface area contributed by atoms with Crippen LogP contribution >= 0.6 is 0 Å². The van der Waals surface area contributed by atoms with Crippen molar-refractivity contribution in [2.75, 3.05) is 7.11 Å². The van der Waals surface area contributed by atoms with Crippen molar-refractivity contribution in [2.24, 2.45) is 0 Å². The molecule has 0 bridgehead atoms. The van der Waals surface area contributed by atoms with Crippen LogP contribution in [0.5, 0.6) is 0 Å². The minimum Gasteiger partial charge on any atom is -0.379 e. The van der Waals surface area contributed by atoms with E-state index >= 15 is 0 Å². The van der Waals surface area contributed by atoms with Crippen molar-refractivity contribution in [2.45, 2.75) is 50.3 Å². The Hall–Kier alpha value is -0.770. The molecule has 0 aromatic heterocycles. The number of methoxy groups -OCH3 is 1. The Balaban J connectivity index is 1.74. The summed E-state index contributed by atoms with van der Waals surface area (Å²) in [4.78, 5) is 11.4. The molecule has 2 aliphatic rings. The van der Waals surface area contributed by atoms with E-state index in [4.69, 9.17) is 4.74 Å². The lowest BCUT2D eigenvalue weighted by Crippen LogP contribution is -2.46. The Morgan fingerprint density at radius 3 is 2.64 bits per heavy atom. The van der Waals surface area contributed by atoms with E-state index in [2.05, 4.69) is 10.6 Å². The number of amides is 2. The quantitative estimate of drug-likeness (QED) is 0.711. The molecule has 80 valence electrons. The molecule has 2 unspecified atom stereocenters. The average molecular weight is 198 g/mol. The van der Waals surface area contributed by atoms with Crippen molar-refractivity contribution in [1.82, 2.24) is 10.6 Å². The minimum atomic E-state index is -0.0264. The van der Waals surface area contributed by atoms with Gasteiger partial charge in [0.1, 0.15) is 0 Å². The summed E-state index contributed by atoms with van der Waals surface area (Å²) in [6, 6.07) is 0.609. The summed E-state index contributed by atoms with van der Waals surface area (Å²) < 4.78 is 5.30. The third-order valence-corrected chi connectivity index (χ3v) is 2.98. The first-order valence-corrected chi connectivity index (χ1v) is 5.39. The Morgan fingerprint density at radius 2 is 2.00 bits per heavy atom. The van der Waals surface area contributed by atoms with E-state index in [0.29, 0.717) is 6.04 Å². The standard InChI is InChI=1S/C10H18N2O2/c1-14-9-4-2-3-8(9)12-10(13)11-7-5-6-7/h7-9H,2-6H2,1H3,(H2,11,12,13). The van der Waals surface area contributed by atoms with Gasteiger partial charge in [0.05, 0.1) is 12.1 Å². The van der Waals surface area contributed by atoms with E-state index in [0.717, 1.165) is 32.1 Å². The van der Waals surface area contributed by atoms with Gasteiger partial charge in [-0.05, 0) is 32.1 Å². The van der Waals surface area contributed by atoms with Gasteiger partial charge in [0.15, 0.2) is 0 Å². The second-order valence-electron chi connectivity index (χ2n) is 4.20. The molecule has 0 radical (unpaired) electrons. The van der Waals surface area contributed by atoms with E-state index in [1.54, 1.807) is 7.11 Å². The maximum Gasteiger partial charge on any atom is 0.315 e. The van der Waals surface area contributed by atoms with E-state index in [-0.39, 0.29) is 18.2 Å². The van der Waals surface area contributed by atoms with Crippen LogP contribution in [0.3, 0.4) is 0 Å². The predicted octanol–water partition coefficient (Wildman–Crippen LogP) is 1.02. The van der Waals surface area contributed by atoms with Crippen molar-refractivity contribution >= 4 is 6.03 Å². The van der Waals surface area contributed by atoms with Gasteiger partial charge in [0, 0.05) is 13.2 Å². The van der Waals surface area contributed by atoms with Gasteiger partial charge < -0.3 is 15.4 Å². The Morgan fingerprint density at radius 1 is 1.21 bits per heavy atom. The number of hydrogen-bond donors (Lipinski definition) is 2. The highest BCUT2D eigenvalue weighted by Crippen LogP contribution is 2.22. The Bertz CT molecular complexity index is 216. The van der Waals surface area contributed by atoms with Gasteiger partial charge in [-0.25, -0.2) is 4.79 Å². The van der Waals surface area contributed by atoms with Crippen molar-refractivity contribution < 1.29 is 9.53 Å². The summed E-state index contributed by atoms with van der Waals surface area (Å²) >= 11 is 0. The molecule has 0 saturated heterocycles. The highest BCUT2D eigenvalue weighted by molar-refractivity contribution is 5.75. The second-order valence-corrected chi connectivity index (χ2v) is 4.20. The third kappa shape index (κ3) is 2.38. The maximum absolute atomic E-state index is 11.4. The fourth-order valence-corrected chi connectivity index (χ4v) is 2.00. The zero-order valence-electron chi connectivity index (χ0n) is 8.58. The predicted molar refractivity (Wildman–Crippen MR) is 53.1 cm³/mol. The lowest BCUT2D eigenvalue weighted by Gasteiger charge is -2.19. The zero-order valence-corrected chi connectivity index (χ0v) is 8.58. The van der Waals surface area contributed by atoms with Crippen molar-refractivity contribution in [3.8, 4) is 0 Å². The number of nitrogens with one attached hydrogen (secondary N) is 2. The number of hydrogen-bond acceptors (Lipinski definition) is 2. The Labute approximate surface area is 84.4 Å². The first kappa shape index (κ1) is 9.77. The van der Waals surface area contributed by atoms with Crippen LogP contribution in [-0.4, -0.2) is 31.3 Å². The fourth-order valence-electron chi connectivity index (χ4n) is 2.00. The van der Waals surface area contributed by atoms with Crippen molar-refractivity contribution in [3.05, 3.63) is 0 Å². The van der Waals surface area contributed by atoms with Crippen LogP contribution in [-0.2, 0) is 4.74 Å². The summed E-state index contributed by atoms with van der Waals surface area (Å²) in [6.45, 7) is 0. The van der Waals surface area contributed by atoms with Gasteiger partial charge >= 0.3 is 6.03 Å². The molecule has 0 aliphatic heterocycles. The molecular weight excluding hydrogens is 180 g/mol. The van der Waals surface area contributed by atoms with Gasteiger partial charge in [-0.2, -0.15) is 0 Å². The van der Waals surface area contributed by atoms with E-state index < -0.39 is 0 Å². The van der Waals surface area contributed by atoms with Crippen LogP contribution in [0.4, 0.5) is 4.79 Å². The molecule has 0 aromatic rings. The minimum absolute atomic E-state index is 0.0264. The third-order valence-electron chi connectivity index (χ3n) is 2.98. The van der Waals surface area contributed by atoms with Gasteiger partial charge in [-0.3, -0.25) is 0 Å². The molecule has 0 heterocycles. The van der Waals surface area contributed by atoms with Crippen molar-refractivity contribution in [1.29, 1.82) is 0 Å². The Kier molecular flexibility index (Phi) is 2.91. The lowest BCUT2D eigenvalue weighted by atomic mass is 10.2. The SMILES string of the molecule is COC1CCCC1NC(=O)NC1CC1. The first-order valence-electron chi connectivity index (χ1n) is 5.39. The molecule has 2 rings (SSSR count). The fraction of sp³-hybridized carbons (Fsp3) is 0.900. The van der Waals surface area contributed by atoms with Crippen LogP contribution < -0.4 is 10.6 Å². The first-order chi connectivity index (χ1) is 6.79. The smallest absolute Gasteiger partial charge is 0.315 e. The van der Waals surface area contributed by atoms with Crippen LogP contribution in [0.2, 0.25) is 0 Å². The summed E-state index contributed by atoms with van der Waals surface area (Å²) in [6.07, 6.45) is 5.71. The molecule has 0 spiro atoms. The highest BCUT2D eigenvalue weighted by atomic mass is 16.5. The maximum atomic E-state index is 11.4.